The molecule has 0 aromatic heterocycles. The number of allylic oxidation sites excluding steroid dienone is 1. The van der Waals surface area contributed by atoms with Crippen LogP contribution in [0, 0.1) is 6.92 Å². The summed E-state index contributed by atoms with van der Waals surface area (Å²) in [5.41, 5.74) is 11.2. The van der Waals surface area contributed by atoms with E-state index in [9.17, 15) is 19.5 Å². The predicted octanol–water partition coefficient (Wildman–Crippen LogP) is 4.54. The standard InChI is InChI=1S/C32H47N5O5.2C2H6/c1-7-11-36(6)20-29(39)18-26-14-22(3)15-28(17-26)37(24(5)38)12-13-42-21-30(40)32(41)34-10-9-25(8-2)16-27-19-35-31(33)23(27)4;2*1-2/h8,14-17,30,40H,2,7,9-13,18-21H2,1,3-6H3,(H2,33,35)(H,34,41);2*1-2H3/b25-16+;;/t30-;;/m1../s1. The van der Waals surface area contributed by atoms with Crippen LogP contribution in [-0.4, -0.2) is 92.5 Å². The summed E-state index contributed by atoms with van der Waals surface area (Å²) in [5.74, 6) is -0.0612. The van der Waals surface area contributed by atoms with E-state index in [0.717, 1.165) is 40.8 Å². The molecule has 1 aliphatic heterocycles. The van der Waals surface area contributed by atoms with E-state index in [1.165, 1.54) is 6.92 Å². The number of rotatable bonds is 18. The van der Waals surface area contributed by atoms with Crippen molar-refractivity contribution < 1.29 is 24.2 Å². The summed E-state index contributed by atoms with van der Waals surface area (Å²) < 4.78 is 5.55. The Morgan fingerprint density at radius 1 is 1.15 bits per heavy atom. The van der Waals surface area contributed by atoms with Gasteiger partial charge in [-0.2, -0.15) is 0 Å². The molecular formula is C36H59N5O5. The molecule has 0 saturated carbocycles. The van der Waals surface area contributed by atoms with E-state index in [1.807, 2.05) is 77.8 Å². The molecule has 0 aliphatic carbocycles. The maximum atomic E-state index is 12.5. The number of benzene rings is 1. The first-order valence-corrected chi connectivity index (χ1v) is 16.4. The summed E-state index contributed by atoms with van der Waals surface area (Å²) in [5, 5.41) is 13.0. The zero-order valence-corrected chi connectivity index (χ0v) is 29.7. The quantitative estimate of drug-likeness (QED) is 0.158. The molecule has 0 fully saturated rings. The Morgan fingerprint density at radius 2 is 1.83 bits per heavy atom. The van der Waals surface area contributed by atoms with Crippen LogP contribution in [0.5, 0.6) is 0 Å². The third-order valence-corrected chi connectivity index (χ3v) is 6.92. The number of hydrogen-bond donors (Lipinski definition) is 3. The molecule has 0 unspecified atom stereocenters. The molecule has 1 atom stereocenters. The number of ether oxygens (including phenoxy) is 1. The van der Waals surface area contributed by atoms with Crippen LogP contribution in [-0.2, 0) is 25.5 Å². The fraction of sp³-hybridized carbons (Fsp3) is 0.556. The van der Waals surface area contributed by atoms with Gasteiger partial charge in [-0.3, -0.25) is 24.3 Å². The topological polar surface area (TPSA) is 138 Å². The molecule has 1 aromatic carbocycles. The second kappa shape index (κ2) is 23.7. The van der Waals surface area contributed by atoms with Gasteiger partial charge in [-0.1, -0.05) is 59.4 Å². The zero-order chi connectivity index (χ0) is 35.2. The summed E-state index contributed by atoms with van der Waals surface area (Å²) >= 11 is 0. The molecule has 2 amide bonds. The Balaban J connectivity index is 0.00000486. The first-order chi connectivity index (χ1) is 21.9. The maximum absolute atomic E-state index is 12.5. The van der Waals surface area contributed by atoms with Crippen molar-refractivity contribution >= 4 is 29.1 Å². The highest BCUT2D eigenvalue weighted by molar-refractivity contribution is 5.99. The number of amidine groups is 1. The van der Waals surface area contributed by atoms with Crippen molar-refractivity contribution in [2.24, 2.45) is 10.7 Å². The number of carbonyl (C=O) groups is 3. The molecule has 1 aliphatic rings. The van der Waals surface area contributed by atoms with Crippen molar-refractivity contribution in [1.82, 2.24) is 10.2 Å². The number of nitrogens with two attached hydrogens (primary N) is 1. The summed E-state index contributed by atoms with van der Waals surface area (Å²) in [6.07, 6.45) is 4.16. The number of hydrogen-bond acceptors (Lipinski definition) is 8. The second-order valence-electron chi connectivity index (χ2n) is 10.7. The summed E-state index contributed by atoms with van der Waals surface area (Å²) in [6.45, 7) is 21.5. The number of likely N-dealkylation sites (N-methyl/N-ethyl adjacent to an activating group) is 1. The van der Waals surface area contributed by atoms with Crippen molar-refractivity contribution in [2.45, 2.75) is 80.8 Å². The number of ketones is 1. The highest BCUT2D eigenvalue weighted by atomic mass is 16.5. The third-order valence-electron chi connectivity index (χ3n) is 6.92. The predicted molar refractivity (Wildman–Crippen MR) is 190 cm³/mol. The van der Waals surface area contributed by atoms with Gasteiger partial charge in [0, 0.05) is 32.1 Å². The van der Waals surface area contributed by atoms with Gasteiger partial charge >= 0.3 is 0 Å². The molecule has 10 heteroatoms. The Bertz CT molecular complexity index is 1220. The summed E-state index contributed by atoms with van der Waals surface area (Å²) in [7, 11) is 1.93. The number of carbonyl (C=O) groups excluding carboxylic acids is 3. The lowest BCUT2D eigenvalue weighted by Gasteiger charge is -2.23. The lowest BCUT2D eigenvalue weighted by molar-refractivity contribution is -0.132. The van der Waals surface area contributed by atoms with Crippen LogP contribution in [0.3, 0.4) is 0 Å². The smallest absolute Gasteiger partial charge is 0.251 e. The molecule has 1 aromatic rings. The van der Waals surface area contributed by atoms with Gasteiger partial charge in [0.25, 0.3) is 5.91 Å². The minimum absolute atomic E-state index is 0.116. The molecule has 10 nitrogen and oxygen atoms in total. The van der Waals surface area contributed by atoms with E-state index in [-0.39, 0.29) is 37.9 Å². The first kappa shape index (κ1) is 42.4. The molecule has 0 saturated heterocycles. The molecule has 0 radical (unpaired) electrons. The van der Waals surface area contributed by atoms with Crippen LogP contribution in [0.4, 0.5) is 5.69 Å². The zero-order valence-electron chi connectivity index (χ0n) is 29.7. The summed E-state index contributed by atoms with van der Waals surface area (Å²) in [4.78, 5) is 45.1. The second-order valence-corrected chi connectivity index (χ2v) is 10.7. The Morgan fingerprint density at radius 3 is 2.39 bits per heavy atom. The normalized spacial score (nSPS) is 13.2. The lowest BCUT2D eigenvalue weighted by Crippen LogP contribution is -2.39. The molecule has 1 heterocycles. The molecule has 258 valence electrons. The van der Waals surface area contributed by atoms with Crippen molar-refractivity contribution in [1.29, 1.82) is 0 Å². The molecule has 0 bridgehead atoms. The van der Waals surface area contributed by atoms with Gasteiger partial charge in [-0.25, -0.2) is 0 Å². The average Bonchev–Trinajstić information content (AvgIpc) is 3.33. The number of aliphatic hydroxyl groups is 1. The number of aryl methyl sites for hydroxylation is 1. The number of anilines is 1. The molecule has 0 spiro atoms. The minimum Gasteiger partial charge on any atom is -0.384 e. The van der Waals surface area contributed by atoms with Gasteiger partial charge in [-0.05, 0) is 80.3 Å². The number of nitrogens with one attached hydrogen (secondary N) is 1. The van der Waals surface area contributed by atoms with Crippen LogP contribution < -0.4 is 16.0 Å². The van der Waals surface area contributed by atoms with Gasteiger partial charge in [0.05, 0.1) is 26.3 Å². The van der Waals surface area contributed by atoms with Crippen LogP contribution in [0.2, 0.25) is 0 Å². The average molecular weight is 642 g/mol. The Labute approximate surface area is 277 Å². The van der Waals surface area contributed by atoms with E-state index in [2.05, 4.69) is 23.8 Å². The molecule has 4 N–H and O–H groups in total. The van der Waals surface area contributed by atoms with E-state index in [1.54, 1.807) is 11.0 Å². The highest BCUT2D eigenvalue weighted by Gasteiger charge is 2.18. The maximum Gasteiger partial charge on any atom is 0.251 e. The molecular weight excluding hydrogens is 582 g/mol. The van der Waals surface area contributed by atoms with Gasteiger partial charge in [0.2, 0.25) is 5.91 Å². The number of amides is 2. The monoisotopic (exact) mass is 641 g/mol. The highest BCUT2D eigenvalue weighted by Crippen LogP contribution is 2.21. The van der Waals surface area contributed by atoms with E-state index >= 15 is 0 Å². The molecule has 2 rings (SSSR count). The Hall–Kier alpha value is -3.60. The van der Waals surface area contributed by atoms with Crippen molar-refractivity contribution in [2.75, 3.05) is 57.9 Å². The summed E-state index contributed by atoms with van der Waals surface area (Å²) in [6, 6.07) is 5.70. The van der Waals surface area contributed by atoms with Gasteiger partial charge in [0.15, 0.2) is 11.9 Å². The number of Topliss-reactive ketones (excluding diaryl/α,β-unsaturated/α-hetero) is 1. The van der Waals surface area contributed by atoms with E-state index in [4.69, 9.17) is 10.5 Å². The number of aliphatic imine (C=N–C) groups is 1. The largest absolute Gasteiger partial charge is 0.384 e. The van der Waals surface area contributed by atoms with Gasteiger partial charge < -0.3 is 25.8 Å². The van der Waals surface area contributed by atoms with Crippen molar-refractivity contribution in [3.63, 3.8) is 0 Å². The minimum atomic E-state index is -1.35. The van der Waals surface area contributed by atoms with Crippen molar-refractivity contribution in [3.05, 3.63) is 64.8 Å². The van der Waals surface area contributed by atoms with E-state index < -0.39 is 12.0 Å². The number of aliphatic hydroxyl groups excluding tert-OH is 1. The fourth-order valence-electron chi connectivity index (χ4n) is 4.67. The van der Waals surface area contributed by atoms with Gasteiger partial charge in [-0.15, -0.1) is 0 Å². The van der Waals surface area contributed by atoms with Gasteiger partial charge in [0.1, 0.15) is 5.84 Å². The third kappa shape index (κ3) is 15.6. The lowest BCUT2D eigenvalue weighted by atomic mass is 10.0. The van der Waals surface area contributed by atoms with Crippen molar-refractivity contribution in [3.8, 4) is 0 Å². The van der Waals surface area contributed by atoms with Crippen LogP contribution in [0.25, 0.3) is 0 Å². The SMILES string of the molecule is C=C/C(=C\C1=C(C)C(N)=NC1)CCNC(=O)[C@H](O)COCCN(C(C)=O)c1cc(C)cc(CC(=O)CN(C)CCC)c1.CC.CC. The first-order valence-electron chi connectivity index (χ1n) is 16.4. The van der Waals surface area contributed by atoms with Crippen LogP contribution in [0.15, 0.2) is 58.6 Å². The Kier molecular flexibility index (Phi) is 21.8. The fourth-order valence-corrected chi connectivity index (χ4v) is 4.67. The molecule has 46 heavy (non-hydrogen) atoms. The van der Waals surface area contributed by atoms with Crippen LogP contribution >= 0.6 is 0 Å². The van der Waals surface area contributed by atoms with E-state index in [0.29, 0.717) is 37.6 Å². The van der Waals surface area contributed by atoms with Crippen LogP contribution in [0.1, 0.15) is 72.4 Å². The number of nitrogens with zero attached hydrogens (tertiary/aromatic N) is 3.